The van der Waals surface area contributed by atoms with Gasteiger partial charge in [-0.05, 0) is 53.5 Å². The van der Waals surface area contributed by atoms with E-state index in [1.165, 1.54) is 62.6 Å². The highest BCUT2D eigenvalue weighted by atomic mass is 19.1. The second kappa shape index (κ2) is 9.13. The van der Waals surface area contributed by atoms with Gasteiger partial charge >= 0.3 is 0 Å². The summed E-state index contributed by atoms with van der Waals surface area (Å²) in [7, 11) is 0. The van der Waals surface area contributed by atoms with Crippen LogP contribution in [0.15, 0.2) is 36.4 Å². The Morgan fingerprint density at radius 2 is 1.44 bits per heavy atom. The predicted molar refractivity (Wildman–Crippen MR) is 105 cm³/mol. The Bertz CT molecular complexity index is 773. The van der Waals surface area contributed by atoms with Gasteiger partial charge in [0.15, 0.2) is 0 Å². The third-order valence-electron chi connectivity index (χ3n) is 5.95. The van der Waals surface area contributed by atoms with Gasteiger partial charge in [-0.25, -0.2) is 8.78 Å². The monoisotopic (exact) mass is 367 g/mol. The van der Waals surface area contributed by atoms with Gasteiger partial charge in [0.05, 0.1) is 0 Å². The molecule has 2 aromatic rings. The van der Waals surface area contributed by atoms with Crippen molar-refractivity contribution >= 4 is 0 Å². The molecule has 0 amide bonds. The fourth-order valence-corrected chi connectivity index (χ4v) is 4.30. The Kier molecular flexibility index (Phi) is 6.61. The van der Waals surface area contributed by atoms with Gasteiger partial charge in [0.25, 0.3) is 0 Å². The minimum Gasteiger partial charge on any atom is -0.205 e. The standard InChI is InChI=1S/C24H27F2N/c1-2-3-17-4-6-18(7-5-17)8-9-19-10-12-20(13-11-19)21-14-23(25)22(16-27)24(26)15-21/h10-15,17-18H,2-9H2,1H3. The van der Waals surface area contributed by atoms with Gasteiger partial charge in [0.1, 0.15) is 23.3 Å². The SMILES string of the molecule is CCCC1CCC(CCc2ccc(-c3cc(F)c(C#N)c(F)c3)cc2)CC1. The topological polar surface area (TPSA) is 23.8 Å². The molecule has 1 nitrogen and oxygen atoms in total. The first kappa shape index (κ1) is 19.5. The highest BCUT2D eigenvalue weighted by Crippen LogP contribution is 2.34. The molecule has 0 aromatic heterocycles. The van der Waals surface area contributed by atoms with Gasteiger partial charge in [-0.3, -0.25) is 0 Å². The highest BCUT2D eigenvalue weighted by molar-refractivity contribution is 5.65. The van der Waals surface area contributed by atoms with E-state index in [-0.39, 0.29) is 0 Å². The summed E-state index contributed by atoms with van der Waals surface area (Å²) >= 11 is 0. The lowest BCUT2D eigenvalue weighted by molar-refractivity contribution is 0.252. The molecule has 0 spiro atoms. The van der Waals surface area contributed by atoms with Crippen LogP contribution in [0.2, 0.25) is 0 Å². The summed E-state index contributed by atoms with van der Waals surface area (Å²) in [6, 6.07) is 11.9. The molecular formula is C24H27F2N. The van der Waals surface area contributed by atoms with Crippen molar-refractivity contribution in [2.45, 2.75) is 58.3 Å². The van der Waals surface area contributed by atoms with Crippen LogP contribution >= 0.6 is 0 Å². The summed E-state index contributed by atoms with van der Waals surface area (Å²) in [5.74, 6) is 0.156. The van der Waals surface area contributed by atoms with E-state index in [4.69, 9.17) is 5.26 Å². The zero-order valence-corrected chi connectivity index (χ0v) is 16.0. The smallest absolute Gasteiger partial charge is 0.144 e. The number of nitriles is 1. The Balaban J connectivity index is 1.58. The Morgan fingerprint density at radius 3 is 1.96 bits per heavy atom. The third-order valence-corrected chi connectivity index (χ3v) is 5.95. The van der Waals surface area contributed by atoms with Gasteiger partial charge in [-0.15, -0.1) is 0 Å². The first-order valence-electron chi connectivity index (χ1n) is 10.1. The van der Waals surface area contributed by atoms with Crippen LogP contribution in [0.1, 0.15) is 63.0 Å². The largest absolute Gasteiger partial charge is 0.205 e. The fraction of sp³-hybridized carbons (Fsp3) is 0.458. The number of hydrogen-bond donors (Lipinski definition) is 0. The molecule has 0 radical (unpaired) electrons. The van der Waals surface area contributed by atoms with Crippen molar-refractivity contribution in [1.82, 2.24) is 0 Å². The van der Waals surface area contributed by atoms with E-state index in [1.807, 2.05) is 24.3 Å². The van der Waals surface area contributed by atoms with Crippen molar-refractivity contribution in [3.05, 3.63) is 59.2 Å². The van der Waals surface area contributed by atoms with E-state index in [0.717, 1.165) is 23.8 Å². The van der Waals surface area contributed by atoms with Crippen LogP contribution < -0.4 is 0 Å². The van der Waals surface area contributed by atoms with E-state index >= 15 is 0 Å². The number of hydrogen-bond acceptors (Lipinski definition) is 1. The van der Waals surface area contributed by atoms with Crippen LogP contribution in [-0.4, -0.2) is 0 Å². The van der Waals surface area contributed by atoms with Crippen molar-refractivity contribution < 1.29 is 8.78 Å². The molecule has 1 fully saturated rings. The maximum atomic E-state index is 13.8. The average molecular weight is 367 g/mol. The Labute approximate surface area is 161 Å². The molecule has 0 unspecified atom stereocenters. The average Bonchev–Trinajstić information content (AvgIpc) is 2.68. The molecule has 0 N–H and O–H groups in total. The summed E-state index contributed by atoms with van der Waals surface area (Å²) in [6.45, 7) is 2.27. The second-order valence-corrected chi connectivity index (χ2v) is 7.84. The predicted octanol–water partition coefficient (Wildman–Crippen LogP) is 7.04. The molecule has 2 aromatic carbocycles. The number of rotatable bonds is 6. The summed E-state index contributed by atoms with van der Waals surface area (Å²) in [5, 5.41) is 8.77. The molecular weight excluding hydrogens is 340 g/mol. The van der Waals surface area contributed by atoms with Gasteiger partial charge in [-0.1, -0.05) is 69.7 Å². The van der Waals surface area contributed by atoms with Gasteiger partial charge in [0.2, 0.25) is 0 Å². The normalized spacial score (nSPS) is 19.6. The van der Waals surface area contributed by atoms with Crippen LogP contribution in [0.25, 0.3) is 11.1 Å². The summed E-state index contributed by atoms with van der Waals surface area (Å²) < 4.78 is 27.6. The molecule has 0 saturated heterocycles. The lowest BCUT2D eigenvalue weighted by Crippen LogP contribution is -2.15. The highest BCUT2D eigenvalue weighted by Gasteiger charge is 2.20. The number of halogens is 2. The fourth-order valence-electron chi connectivity index (χ4n) is 4.30. The van der Waals surface area contributed by atoms with Crippen LogP contribution in [0.5, 0.6) is 0 Å². The van der Waals surface area contributed by atoms with E-state index in [9.17, 15) is 8.78 Å². The van der Waals surface area contributed by atoms with E-state index in [2.05, 4.69) is 6.92 Å². The number of aryl methyl sites for hydroxylation is 1. The molecule has 3 rings (SSSR count). The Hall–Kier alpha value is -2.21. The minimum atomic E-state index is -0.810. The molecule has 0 aliphatic heterocycles. The number of nitrogens with zero attached hydrogens (tertiary/aromatic N) is 1. The van der Waals surface area contributed by atoms with Crippen LogP contribution in [0.3, 0.4) is 0 Å². The number of benzene rings is 2. The zero-order valence-electron chi connectivity index (χ0n) is 16.0. The summed E-state index contributed by atoms with van der Waals surface area (Å²) in [5.41, 5.74) is 1.97. The first-order chi connectivity index (χ1) is 13.1. The maximum Gasteiger partial charge on any atom is 0.144 e. The lowest BCUT2D eigenvalue weighted by Gasteiger charge is -2.28. The molecule has 1 aliphatic carbocycles. The molecule has 142 valence electrons. The molecule has 0 atom stereocenters. The van der Waals surface area contributed by atoms with E-state index < -0.39 is 17.2 Å². The van der Waals surface area contributed by atoms with E-state index in [0.29, 0.717) is 5.56 Å². The van der Waals surface area contributed by atoms with Gasteiger partial charge in [0, 0.05) is 0 Å². The molecule has 27 heavy (non-hydrogen) atoms. The maximum absolute atomic E-state index is 13.8. The molecule has 1 saturated carbocycles. The zero-order chi connectivity index (χ0) is 19.2. The van der Waals surface area contributed by atoms with Crippen molar-refractivity contribution in [1.29, 1.82) is 5.26 Å². The molecule has 3 heteroatoms. The third kappa shape index (κ3) is 4.95. The minimum absolute atomic E-state index is 0.463. The van der Waals surface area contributed by atoms with Crippen molar-refractivity contribution in [3.8, 4) is 17.2 Å². The first-order valence-corrected chi connectivity index (χ1v) is 10.1. The Morgan fingerprint density at radius 1 is 0.889 bits per heavy atom. The molecule has 1 aliphatic rings. The van der Waals surface area contributed by atoms with Gasteiger partial charge < -0.3 is 0 Å². The molecule has 0 heterocycles. The van der Waals surface area contributed by atoms with Crippen LogP contribution in [-0.2, 0) is 6.42 Å². The summed E-state index contributed by atoms with van der Waals surface area (Å²) in [6.07, 6.45) is 10.4. The second-order valence-electron chi connectivity index (χ2n) is 7.84. The molecule has 0 bridgehead atoms. The van der Waals surface area contributed by atoms with Crippen molar-refractivity contribution in [2.75, 3.05) is 0 Å². The van der Waals surface area contributed by atoms with E-state index in [1.54, 1.807) is 6.07 Å². The quantitative estimate of drug-likeness (QED) is 0.537. The lowest BCUT2D eigenvalue weighted by atomic mass is 9.78. The van der Waals surface area contributed by atoms with Crippen molar-refractivity contribution in [3.63, 3.8) is 0 Å². The van der Waals surface area contributed by atoms with Crippen molar-refractivity contribution in [2.24, 2.45) is 11.8 Å². The van der Waals surface area contributed by atoms with Crippen LogP contribution in [0.4, 0.5) is 8.78 Å². The summed E-state index contributed by atoms with van der Waals surface area (Å²) in [4.78, 5) is 0. The van der Waals surface area contributed by atoms with Gasteiger partial charge in [-0.2, -0.15) is 5.26 Å². The van der Waals surface area contributed by atoms with Crippen LogP contribution in [0, 0.1) is 34.8 Å².